The molecule has 0 heterocycles. The van der Waals surface area contributed by atoms with Crippen molar-refractivity contribution in [2.45, 2.75) is 90.9 Å². The Bertz CT molecular complexity index is 791. The fraction of sp³-hybridized carbons (Fsp3) is 0.733. The van der Waals surface area contributed by atoms with Gasteiger partial charge in [0.25, 0.3) is 0 Å². The molecule has 2 fully saturated rings. The Kier molecular flexibility index (Phi) is 9.31. The first-order chi connectivity index (χ1) is 16.5. The van der Waals surface area contributed by atoms with Gasteiger partial charge in [-0.15, -0.1) is 0 Å². The van der Waals surface area contributed by atoms with E-state index in [2.05, 4.69) is 26.0 Å². The summed E-state index contributed by atoms with van der Waals surface area (Å²) in [5.74, 6) is 2.13. The van der Waals surface area contributed by atoms with E-state index in [1.807, 2.05) is 0 Å². The largest absolute Gasteiger partial charge is 0.490 e. The molecule has 0 saturated heterocycles. The van der Waals surface area contributed by atoms with E-state index in [-0.39, 0.29) is 17.4 Å². The zero-order valence-corrected chi connectivity index (χ0v) is 21.2. The van der Waals surface area contributed by atoms with E-state index < -0.39 is 11.6 Å². The number of hydrogen-bond acceptors (Lipinski definition) is 2. The van der Waals surface area contributed by atoms with Gasteiger partial charge in [0, 0.05) is 5.92 Å². The number of hydrogen-bond donors (Lipinski definition) is 0. The highest BCUT2D eigenvalue weighted by Crippen LogP contribution is 2.41. The summed E-state index contributed by atoms with van der Waals surface area (Å²) >= 11 is 0. The monoisotopic (exact) mass is 474 g/mol. The number of benzene rings is 1. The maximum atomic E-state index is 14.7. The molecule has 3 aliphatic carbocycles. The van der Waals surface area contributed by atoms with Crippen LogP contribution in [0, 0.1) is 47.1 Å². The number of ether oxygens (including phenoxy) is 2. The summed E-state index contributed by atoms with van der Waals surface area (Å²) in [6.45, 7) is 5.43. The first-order valence-electron chi connectivity index (χ1n) is 13.9. The average molecular weight is 475 g/mol. The van der Waals surface area contributed by atoms with Crippen LogP contribution < -0.4 is 9.47 Å². The lowest BCUT2D eigenvalue weighted by Crippen LogP contribution is -2.27. The Morgan fingerprint density at radius 2 is 1.24 bits per heavy atom. The van der Waals surface area contributed by atoms with E-state index in [1.165, 1.54) is 63.5 Å². The zero-order chi connectivity index (χ0) is 23.9. The minimum atomic E-state index is -0.934. The van der Waals surface area contributed by atoms with Crippen LogP contribution in [0.2, 0.25) is 0 Å². The molecule has 0 bridgehead atoms. The van der Waals surface area contributed by atoms with Crippen molar-refractivity contribution in [3.63, 3.8) is 0 Å². The molecule has 2 nitrogen and oxygen atoms in total. The maximum absolute atomic E-state index is 14.7. The molecule has 2 atom stereocenters. The first kappa shape index (κ1) is 25.5. The van der Waals surface area contributed by atoms with Crippen LogP contribution >= 0.6 is 0 Å². The van der Waals surface area contributed by atoms with E-state index in [0.717, 1.165) is 43.4 Å². The smallest absolute Gasteiger partial charge is 0.204 e. The molecule has 4 heteroatoms. The van der Waals surface area contributed by atoms with Gasteiger partial charge in [-0.3, -0.25) is 0 Å². The lowest BCUT2D eigenvalue weighted by atomic mass is 9.69. The van der Waals surface area contributed by atoms with Crippen LogP contribution in [0.15, 0.2) is 24.3 Å². The minimum Gasteiger partial charge on any atom is -0.490 e. The van der Waals surface area contributed by atoms with E-state index in [9.17, 15) is 8.78 Å². The summed E-state index contributed by atoms with van der Waals surface area (Å²) in [6, 6.07) is 3.04. The third-order valence-corrected chi connectivity index (χ3v) is 8.78. The highest BCUT2D eigenvalue weighted by molar-refractivity contribution is 5.35. The molecule has 3 aliphatic rings. The topological polar surface area (TPSA) is 18.5 Å². The molecule has 0 aliphatic heterocycles. The van der Waals surface area contributed by atoms with E-state index >= 15 is 0 Å². The first-order valence-corrected chi connectivity index (χ1v) is 13.9. The van der Waals surface area contributed by atoms with E-state index in [4.69, 9.17) is 9.47 Å². The van der Waals surface area contributed by atoms with Gasteiger partial charge in [-0.25, -0.2) is 0 Å². The van der Waals surface area contributed by atoms with Crippen LogP contribution in [0.3, 0.4) is 0 Å². The second kappa shape index (κ2) is 12.4. The van der Waals surface area contributed by atoms with Gasteiger partial charge >= 0.3 is 0 Å². The van der Waals surface area contributed by atoms with Crippen LogP contribution in [-0.2, 0) is 0 Å². The molecule has 34 heavy (non-hydrogen) atoms. The highest BCUT2D eigenvalue weighted by Gasteiger charge is 2.30. The van der Waals surface area contributed by atoms with Gasteiger partial charge in [-0.1, -0.05) is 45.3 Å². The normalized spacial score (nSPS) is 31.9. The van der Waals surface area contributed by atoms with Gasteiger partial charge in [0.2, 0.25) is 11.6 Å². The molecular formula is C30H44F2O2. The Morgan fingerprint density at radius 3 is 1.79 bits per heavy atom. The third kappa shape index (κ3) is 6.76. The van der Waals surface area contributed by atoms with Crippen LogP contribution in [0.4, 0.5) is 8.78 Å². The van der Waals surface area contributed by atoms with Crippen molar-refractivity contribution in [1.82, 2.24) is 0 Å². The predicted octanol–water partition coefficient (Wildman–Crippen LogP) is 8.74. The number of rotatable bonds is 9. The molecule has 1 aromatic rings. The second-order valence-electron chi connectivity index (χ2n) is 11.4. The number of halogens is 2. The van der Waals surface area contributed by atoms with Gasteiger partial charge in [-0.2, -0.15) is 8.78 Å². The molecule has 190 valence electrons. The van der Waals surface area contributed by atoms with Crippen molar-refractivity contribution in [2.75, 3.05) is 13.2 Å². The summed E-state index contributed by atoms with van der Waals surface area (Å²) in [4.78, 5) is 0. The Hall–Kier alpha value is -1.58. The SMILES string of the molecule is CCCC1C=CC(COc2ccc(OCC3CCC(C4CCC(C)CC4)CC3)c(F)c2F)CC1. The minimum absolute atomic E-state index is 0.00760. The Morgan fingerprint density at radius 1 is 0.706 bits per heavy atom. The highest BCUT2D eigenvalue weighted by atomic mass is 19.2. The lowest BCUT2D eigenvalue weighted by molar-refractivity contribution is 0.124. The van der Waals surface area contributed by atoms with Gasteiger partial charge in [0.1, 0.15) is 0 Å². The van der Waals surface area contributed by atoms with E-state index in [0.29, 0.717) is 25.0 Å². The Balaban J connectivity index is 1.21. The number of allylic oxidation sites excluding steroid dienone is 1. The molecule has 4 rings (SSSR count). The van der Waals surface area contributed by atoms with Crippen LogP contribution in [-0.4, -0.2) is 13.2 Å². The van der Waals surface area contributed by atoms with Crippen LogP contribution in [0.1, 0.15) is 90.9 Å². The molecular weight excluding hydrogens is 430 g/mol. The van der Waals surface area contributed by atoms with Crippen molar-refractivity contribution in [3.8, 4) is 11.5 Å². The molecule has 2 saturated carbocycles. The summed E-state index contributed by atoms with van der Waals surface area (Å²) in [5.41, 5.74) is 0. The third-order valence-electron chi connectivity index (χ3n) is 8.78. The average Bonchev–Trinajstić information content (AvgIpc) is 2.86. The van der Waals surface area contributed by atoms with Gasteiger partial charge in [-0.05, 0) is 99.5 Å². The predicted molar refractivity (Wildman–Crippen MR) is 134 cm³/mol. The van der Waals surface area contributed by atoms with E-state index in [1.54, 1.807) is 0 Å². The van der Waals surface area contributed by atoms with Crippen molar-refractivity contribution in [1.29, 1.82) is 0 Å². The Labute approximate surface area is 205 Å². The van der Waals surface area contributed by atoms with Gasteiger partial charge < -0.3 is 9.47 Å². The van der Waals surface area contributed by atoms with Crippen molar-refractivity contribution >= 4 is 0 Å². The van der Waals surface area contributed by atoms with Gasteiger partial charge in [0.15, 0.2) is 11.5 Å². The molecule has 0 spiro atoms. The molecule has 0 aromatic heterocycles. The lowest BCUT2D eigenvalue weighted by Gasteiger charge is -2.37. The molecule has 0 radical (unpaired) electrons. The standard InChI is InChI=1S/C30H44F2O2/c1-3-4-22-7-9-23(10-8-22)19-33-27-17-18-28(30(32)29(27)31)34-20-24-11-15-26(16-12-24)25-13-5-21(2)6-14-25/h7,9,17-18,21-26H,3-6,8,10-16,19-20H2,1-2H3. The maximum Gasteiger partial charge on any atom is 0.204 e. The molecule has 1 aromatic carbocycles. The molecule has 0 N–H and O–H groups in total. The summed E-state index contributed by atoms with van der Waals surface area (Å²) in [6.07, 6.45) is 19.4. The molecule has 0 amide bonds. The fourth-order valence-electron chi connectivity index (χ4n) is 6.41. The summed E-state index contributed by atoms with van der Waals surface area (Å²) in [7, 11) is 0. The van der Waals surface area contributed by atoms with Crippen molar-refractivity contribution < 1.29 is 18.3 Å². The van der Waals surface area contributed by atoms with Crippen LogP contribution in [0.25, 0.3) is 0 Å². The van der Waals surface area contributed by atoms with Gasteiger partial charge in [0.05, 0.1) is 13.2 Å². The fourth-order valence-corrected chi connectivity index (χ4v) is 6.41. The van der Waals surface area contributed by atoms with Crippen molar-refractivity contribution in [2.24, 2.45) is 35.5 Å². The zero-order valence-electron chi connectivity index (χ0n) is 21.2. The van der Waals surface area contributed by atoms with Crippen molar-refractivity contribution in [3.05, 3.63) is 35.9 Å². The summed E-state index contributed by atoms with van der Waals surface area (Å²) < 4.78 is 40.7. The second-order valence-corrected chi connectivity index (χ2v) is 11.4. The quantitative estimate of drug-likeness (QED) is 0.333. The summed E-state index contributed by atoms with van der Waals surface area (Å²) in [5, 5.41) is 0. The molecule has 2 unspecified atom stereocenters. The van der Waals surface area contributed by atoms with Crippen LogP contribution in [0.5, 0.6) is 11.5 Å².